The lowest BCUT2D eigenvalue weighted by molar-refractivity contribution is 0.881. The van der Waals surface area contributed by atoms with Crippen molar-refractivity contribution in [1.82, 2.24) is 19.5 Å². The van der Waals surface area contributed by atoms with E-state index in [1.165, 1.54) is 12.8 Å². The Morgan fingerprint density at radius 3 is 2.74 bits per heavy atom. The molecule has 5 heteroatoms. The predicted molar refractivity (Wildman–Crippen MR) is 75.1 cm³/mol. The molecule has 100 valence electrons. The van der Waals surface area contributed by atoms with Crippen molar-refractivity contribution in [3.05, 3.63) is 23.8 Å². The van der Waals surface area contributed by atoms with Crippen LogP contribution in [0, 0.1) is 6.92 Å². The van der Waals surface area contributed by atoms with E-state index in [9.17, 15) is 0 Å². The summed E-state index contributed by atoms with van der Waals surface area (Å²) in [7, 11) is 1.99. The van der Waals surface area contributed by atoms with Crippen LogP contribution in [0.3, 0.4) is 0 Å². The summed E-state index contributed by atoms with van der Waals surface area (Å²) in [6.45, 7) is 5.00. The first kappa shape index (κ1) is 12.1. The largest absolute Gasteiger partial charge is 0.370 e. The summed E-state index contributed by atoms with van der Waals surface area (Å²) in [5.74, 6) is 3.34. The maximum Gasteiger partial charge on any atom is 0.158 e. The summed E-state index contributed by atoms with van der Waals surface area (Å²) in [6.07, 6.45) is 6.16. The highest BCUT2D eigenvalue weighted by Crippen LogP contribution is 2.39. The molecule has 0 radical (unpaired) electrons. The fraction of sp³-hybridized carbons (Fsp3) is 0.500. The molecule has 19 heavy (non-hydrogen) atoms. The minimum absolute atomic E-state index is 0.539. The topological polar surface area (TPSA) is 55.6 Å². The number of aromatic nitrogens is 4. The third-order valence-corrected chi connectivity index (χ3v) is 3.48. The van der Waals surface area contributed by atoms with Crippen molar-refractivity contribution in [3.63, 3.8) is 0 Å². The zero-order chi connectivity index (χ0) is 13.4. The molecule has 0 amide bonds. The predicted octanol–water partition coefficient (Wildman–Crippen LogP) is 2.49. The van der Waals surface area contributed by atoms with Gasteiger partial charge in [0.25, 0.3) is 0 Å². The van der Waals surface area contributed by atoms with Crippen molar-refractivity contribution in [3.8, 4) is 11.5 Å². The first-order chi connectivity index (χ1) is 9.20. The van der Waals surface area contributed by atoms with Gasteiger partial charge < -0.3 is 9.88 Å². The number of rotatable bonds is 4. The second-order valence-corrected chi connectivity index (χ2v) is 5.07. The first-order valence-corrected chi connectivity index (χ1v) is 6.80. The van der Waals surface area contributed by atoms with Crippen LogP contribution in [0.15, 0.2) is 12.4 Å². The molecule has 2 aromatic heterocycles. The highest BCUT2D eigenvalue weighted by molar-refractivity contribution is 5.63. The second kappa shape index (κ2) is 4.64. The molecule has 2 heterocycles. The van der Waals surface area contributed by atoms with Crippen LogP contribution in [0.25, 0.3) is 11.5 Å². The highest BCUT2D eigenvalue weighted by atomic mass is 15.1. The van der Waals surface area contributed by atoms with E-state index in [1.807, 2.05) is 17.8 Å². The van der Waals surface area contributed by atoms with Gasteiger partial charge in [0.2, 0.25) is 0 Å². The van der Waals surface area contributed by atoms with Crippen molar-refractivity contribution in [2.45, 2.75) is 32.6 Å². The van der Waals surface area contributed by atoms with E-state index in [0.717, 1.165) is 35.3 Å². The average Bonchev–Trinajstić information content (AvgIpc) is 3.15. The molecule has 1 aliphatic rings. The number of imidazole rings is 1. The monoisotopic (exact) mass is 257 g/mol. The summed E-state index contributed by atoms with van der Waals surface area (Å²) in [5.41, 5.74) is 2.01. The Balaban J connectivity index is 2.13. The fourth-order valence-corrected chi connectivity index (χ4v) is 2.21. The third-order valence-electron chi connectivity index (χ3n) is 3.48. The van der Waals surface area contributed by atoms with Gasteiger partial charge in [-0.15, -0.1) is 0 Å². The van der Waals surface area contributed by atoms with Gasteiger partial charge >= 0.3 is 0 Å². The molecular formula is C14H19N5. The summed E-state index contributed by atoms with van der Waals surface area (Å²) in [5, 5.41) is 3.33. The molecule has 0 aromatic carbocycles. The van der Waals surface area contributed by atoms with Crippen LogP contribution in [0.4, 0.5) is 5.82 Å². The van der Waals surface area contributed by atoms with Crippen molar-refractivity contribution in [2.24, 2.45) is 7.05 Å². The van der Waals surface area contributed by atoms with E-state index >= 15 is 0 Å². The Kier molecular flexibility index (Phi) is 2.97. The zero-order valence-electron chi connectivity index (χ0n) is 11.6. The molecule has 0 unspecified atom stereocenters. The van der Waals surface area contributed by atoms with Crippen LogP contribution in [0.5, 0.6) is 0 Å². The van der Waals surface area contributed by atoms with E-state index in [-0.39, 0.29) is 0 Å². The van der Waals surface area contributed by atoms with Gasteiger partial charge in [0, 0.05) is 37.5 Å². The molecule has 1 aliphatic carbocycles. The number of nitrogens with zero attached hydrogens (tertiary/aromatic N) is 4. The number of hydrogen-bond acceptors (Lipinski definition) is 4. The van der Waals surface area contributed by atoms with Crippen molar-refractivity contribution < 1.29 is 0 Å². The van der Waals surface area contributed by atoms with E-state index in [1.54, 1.807) is 6.20 Å². The minimum Gasteiger partial charge on any atom is -0.370 e. The fourth-order valence-electron chi connectivity index (χ4n) is 2.21. The van der Waals surface area contributed by atoms with Crippen molar-refractivity contribution in [2.75, 3.05) is 11.9 Å². The summed E-state index contributed by atoms with van der Waals surface area (Å²) in [4.78, 5) is 13.8. The molecule has 0 spiro atoms. The molecule has 5 nitrogen and oxygen atoms in total. The van der Waals surface area contributed by atoms with Gasteiger partial charge in [0.1, 0.15) is 17.3 Å². The summed E-state index contributed by atoms with van der Waals surface area (Å²) in [6, 6.07) is 0. The summed E-state index contributed by atoms with van der Waals surface area (Å²) < 4.78 is 2.00. The Labute approximate surface area is 113 Å². The van der Waals surface area contributed by atoms with E-state index in [2.05, 4.69) is 29.1 Å². The number of anilines is 1. The number of nitrogens with one attached hydrogen (secondary N) is 1. The summed E-state index contributed by atoms with van der Waals surface area (Å²) >= 11 is 0. The number of aryl methyl sites for hydroxylation is 1. The number of hydrogen-bond donors (Lipinski definition) is 1. The van der Waals surface area contributed by atoms with Gasteiger partial charge in [-0.2, -0.15) is 0 Å². The Bertz CT molecular complexity index is 598. The normalized spacial score (nSPS) is 14.7. The smallest absolute Gasteiger partial charge is 0.158 e. The SMILES string of the molecule is CCNc1nc(C2CC2)nc(-c2nccn2C)c1C. The van der Waals surface area contributed by atoms with E-state index in [0.29, 0.717) is 5.92 Å². The van der Waals surface area contributed by atoms with Gasteiger partial charge in [-0.25, -0.2) is 15.0 Å². The lowest BCUT2D eigenvalue weighted by Gasteiger charge is -2.13. The molecule has 0 bridgehead atoms. The van der Waals surface area contributed by atoms with E-state index in [4.69, 9.17) is 4.98 Å². The van der Waals surface area contributed by atoms with Gasteiger partial charge in [0.15, 0.2) is 5.82 Å². The first-order valence-electron chi connectivity index (χ1n) is 6.80. The second-order valence-electron chi connectivity index (χ2n) is 5.07. The molecule has 0 aliphatic heterocycles. The standard InChI is InChI=1S/C14H19N5/c1-4-15-12-9(2)11(14-16-7-8-19(14)3)17-13(18-12)10-5-6-10/h7-8,10H,4-6H2,1-3H3,(H,15,17,18). The van der Waals surface area contributed by atoms with Gasteiger partial charge in [-0.1, -0.05) is 0 Å². The lowest BCUT2D eigenvalue weighted by atomic mass is 10.2. The average molecular weight is 257 g/mol. The van der Waals surface area contributed by atoms with Crippen molar-refractivity contribution >= 4 is 5.82 Å². The molecule has 1 saturated carbocycles. The molecule has 1 fully saturated rings. The molecule has 1 N–H and O–H groups in total. The van der Waals surface area contributed by atoms with Crippen LogP contribution in [-0.2, 0) is 7.05 Å². The maximum atomic E-state index is 4.75. The van der Waals surface area contributed by atoms with Crippen molar-refractivity contribution in [1.29, 1.82) is 0 Å². The molecule has 2 aromatic rings. The molecule has 0 saturated heterocycles. The van der Waals surface area contributed by atoms with Crippen LogP contribution in [0.1, 0.15) is 37.1 Å². The van der Waals surface area contributed by atoms with Crippen LogP contribution < -0.4 is 5.32 Å². The van der Waals surface area contributed by atoms with Gasteiger partial charge in [-0.3, -0.25) is 0 Å². The quantitative estimate of drug-likeness (QED) is 0.914. The van der Waals surface area contributed by atoms with Gasteiger partial charge in [0.05, 0.1) is 0 Å². The molecule has 3 rings (SSSR count). The minimum atomic E-state index is 0.539. The molecular weight excluding hydrogens is 238 g/mol. The highest BCUT2D eigenvalue weighted by Gasteiger charge is 2.28. The maximum absolute atomic E-state index is 4.75. The van der Waals surface area contributed by atoms with Crippen LogP contribution in [0.2, 0.25) is 0 Å². The lowest BCUT2D eigenvalue weighted by Crippen LogP contribution is -2.09. The molecule has 0 atom stereocenters. The third kappa shape index (κ3) is 2.20. The Morgan fingerprint density at radius 2 is 2.16 bits per heavy atom. The van der Waals surface area contributed by atoms with Crippen LogP contribution >= 0.6 is 0 Å². The Hall–Kier alpha value is -1.91. The Morgan fingerprint density at radius 1 is 1.37 bits per heavy atom. The van der Waals surface area contributed by atoms with Crippen LogP contribution in [-0.4, -0.2) is 26.1 Å². The zero-order valence-corrected chi connectivity index (χ0v) is 11.6. The van der Waals surface area contributed by atoms with E-state index < -0.39 is 0 Å². The van der Waals surface area contributed by atoms with Gasteiger partial charge in [-0.05, 0) is 26.7 Å².